The van der Waals surface area contributed by atoms with Crippen LogP contribution in [0.2, 0.25) is 0 Å². The smallest absolute Gasteiger partial charge is 0.225 e. The molecule has 2 aromatic rings. The van der Waals surface area contributed by atoms with Crippen molar-refractivity contribution in [3.63, 3.8) is 0 Å². The van der Waals surface area contributed by atoms with E-state index in [2.05, 4.69) is 10.6 Å². The van der Waals surface area contributed by atoms with Crippen LogP contribution in [0.15, 0.2) is 54.6 Å². The summed E-state index contributed by atoms with van der Waals surface area (Å²) in [5, 5.41) is 6.09. The first-order valence-corrected chi connectivity index (χ1v) is 8.10. The Morgan fingerprint density at radius 1 is 0.958 bits per heavy atom. The average Bonchev–Trinajstić information content (AvgIpc) is 2.61. The molecule has 24 heavy (non-hydrogen) atoms. The number of benzene rings is 2. The first kappa shape index (κ1) is 18.0. The Bertz CT molecular complexity index is 600. The number of anilines is 1. The van der Waals surface area contributed by atoms with Gasteiger partial charge in [0.2, 0.25) is 5.91 Å². The molecule has 2 rings (SSSR count). The lowest BCUT2D eigenvalue weighted by Crippen LogP contribution is -2.23. The van der Waals surface area contributed by atoms with Gasteiger partial charge in [-0.1, -0.05) is 18.2 Å². The molecule has 0 aliphatic heterocycles. The van der Waals surface area contributed by atoms with Crippen LogP contribution < -0.4 is 15.4 Å². The van der Waals surface area contributed by atoms with Gasteiger partial charge in [-0.05, 0) is 49.4 Å². The number of nitrogens with one attached hydrogen (secondary N) is 2. The topological polar surface area (TPSA) is 59.6 Å². The predicted molar refractivity (Wildman–Crippen MR) is 95.6 cm³/mol. The van der Waals surface area contributed by atoms with Gasteiger partial charge in [-0.25, -0.2) is 0 Å². The van der Waals surface area contributed by atoms with E-state index in [-0.39, 0.29) is 5.91 Å². The molecule has 0 aromatic heterocycles. The quantitative estimate of drug-likeness (QED) is 0.656. The highest BCUT2D eigenvalue weighted by molar-refractivity contribution is 5.90. The Morgan fingerprint density at radius 3 is 2.38 bits per heavy atom. The number of amides is 1. The summed E-state index contributed by atoms with van der Waals surface area (Å²) < 4.78 is 10.7. The van der Waals surface area contributed by atoms with Crippen molar-refractivity contribution >= 4 is 11.6 Å². The van der Waals surface area contributed by atoms with Crippen LogP contribution in [0, 0.1) is 0 Å². The summed E-state index contributed by atoms with van der Waals surface area (Å²) in [5.41, 5.74) is 0.764. The molecule has 0 aliphatic carbocycles. The van der Waals surface area contributed by atoms with E-state index >= 15 is 0 Å². The van der Waals surface area contributed by atoms with Crippen molar-refractivity contribution < 1.29 is 14.3 Å². The van der Waals surface area contributed by atoms with Crippen LogP contribution in [0.3, 0.4) is 0 Å². The van der Waals surface area contributed by atoms with Crippen LogP contribution in [0.25, 0.3) is 0 Å². The molecule has 0 aliphatic rings. The first-order chi connectivity index (χ1) is 11.8. The zero-order chi connectivity index (χ0) is 17.0. The second kappa shape index (κ2) is 10.4. The molecule has 0 atom stereocenters. The molecule has 128 valence electrons. The second-order valence-electron chi connectivity index (χ2n) is 5.33. The van der Waals surface area contributed by atoms with Crippen LogP contribution in [-0.2, 0) is 9.53 Å². The summed E-state index contributed by atoms with van der Waals surface area (Å²) in [5.74, 6) is 1.51. The van der Waals surface area contributed by atoms with E-state index in [1.807, 2.05) is 54.6 Å². The third kappa shape index (κ3) is 6.81. The van der Waals surface area contributed by atoms with Crippen molar-refractivity contribution in [3.8, 4) is 11.5 Å². The number of carbonyl (C=O) groups excluding carboxylic acids is 1. The van der Waals surface area contributed by atoms with Gasteiger partial charge in [0.15, 0.2) is 0 Å². The number of carbonyl (C=O) groups is 1. The molecule has 0 saturated carbocycles. The average molecular weight is 328 g/mol. The third-order valence-corrected chi connectivity index (χ3v) is 3.35. The summed E-state index contributed by atoms with van der Waals surface area (Å²) in [6.07, 6.45) is 1.39. The minimum absolute atomic E-state index is 0.00836. The summed E-state index contributed by atoms with van der Waals surface area (Å²) >= 11 is 0. The Hall–Kier alpha value is -2.37. The maximum atomic E-state index is 11.9. The van der Waals surface area contributed by atoms with Crippen molar-refractivity contribution in [2.45, 2.75) is 12.8 Å². The molecular weight excluding hydrogens is 304 g/mol. The normalized spacial score (nSPS) is 10.4. The Morgan fingerprint density at radius 2 is 1.67 bits per heavy atom. The number of methoxy groups -OCH3 is 1. The van der Waals surface area contributed by atoms with Crippen LogP contribution in [0.4, 0.5) is 5.69 Å². The van der Waals surface area contributed by atoms with Crippen molar-refractivity contribution in [1.82, 2.24) is 5.32 Å². The Labute approximate surface area is 143 Å². The number of ether oxygens (including phenoxy) is 2. The van der Waals surface area contributed by atoms with Gasteiger partial charge in [0.05, 0.1) is 0 Å². The third-order valence-electron chi connectivity index (χ3n) is 3.35. The van der Waals surface area contributed by atoms with Crippen LogP contribution in [-0.4, -0.2) is 32.7 Å². The minimum Gasteiger partial charge on any atom is -0.457 e. The zero-order valence-electron chi connectivity index (χ0n) is 14.0. The summed E-state index contributed by atoms with van der Waals surface area (Å²) in [4.78, 5) is 11.9. The number of hydrogen-bond acceptors (Lipinski definition) is 4. The highest BCUT2D eigenvalue weighted by atomic mass is 16.5. The lowest BCUT2D eigenvalue weighted by atomic mass is 10.3. The van der Waals surface area contributed by atoms with Crippen molar-refractivity contribution in [2.24, 2.45) is 0 Å². The molecule has 1 amide bonds. The van der Waals surface area contributed by atoms with Gasteiger partial charge in [-0.2, -0.15) is 0 Å². The lowest BCUT2D eigenvalue weighted by molar-refractivity contribution is -0.116. The molecular formula is C19H24N2O3. The number of hydrogen-bond donors (Lipinski definition) is 2. The summed E-state index contributed by atoms with van der Waals surface area (Å²) in [6.45, 7) is 2.24. The van der Waals surface area contributed by atoms with Crippen molar-refractivity contribution in [3.05, 3.63) is 54.6 Å². The molecule has 0 radical (unpaired) electrons. The van der Waals surface area contributed by atoms with Gasteiger partial charge in [-0.15, -0.1) is 0 Å². The summed E-state index contributed by atoms with van der Waals surface area (Å²) in [7, 11) is 1.68. The van der Waals surface area contributed by atoms with Gasteiger partial charge in [0.1, 0.15) is 11.5 Å². The molecule has 0 saturated heterocycles. The largest absolute Gasteiger partial charge is 0.457 e. The molecule has 0 unspecified atom stereocenters. The van der Waals surface area contributed by atoms with Gasteiger partial charge in [0, 0.05) is 32.4 Å². The number of rotatable bonds is 10. The van der Waals surface area contributed by atoms with Crippen LogP contribution in [0.1, 0.15) is 12.8 Å². The maximum Gasteiger partial charge on any atom is 0.225 e. The monoisotopic (exact) mass is 328 g/mol. The van der Waals surface area contributed by atoms with Crippen LogP contribution >= 0.6 is 0 Å². The molecule has 5 heteroatoms. The standard InChI is InChI=1S/C19H24N2O3/c1-23-15-5-13-20-14-12-19(22)21-16-8-10-18(11-9-16)24-17-6-3-2-4-7-17/h2-4,6-11,20H,5,12-15H2,1H3,(H,21,22). The van der Waals surface area contributed by atoms with E-state index in [1.54, 1.807) is 7.11 Å². The fourth-order valence-corrected chi connectivity index (χ4v) is 2.12. The Balaban J connectivity index is 1.70. The zero-order valence-corrected chi connectivity index (χ0v) is 14.0. The molecule has 5 nitrogen and oxygen atoms in total. The van der Waals surface area contributed by atoms with Crippen LogP contribution in [0.5, 0.6) is 11.5 Å². The van der Waals surface area contributed by atoms with Gasteiger partial charge in [-0.3, -0.25) is 4.79 Å². The first-order valence-electron chi connectivity index (χ1n) is 8.10. The molecule has 2 aromatic carbocycles. The summed E-state index contributed by atoms with van der Waals surface area (Å²) in [6, 6.07) is 16.9. The van der Waals surface area contributed by atoms with E-state index < -0.39 is 0 Å². The highest BCUT2D eigenvalue weighted by Gasteiger charge is 2.03. The molecule has 0 fully saturated rings. The molecule has 0 bridgehead atoms. The number of para-hydroxylation sites is 1. The second-order valence-corrected chi connectivity index (χ2v) is 5.33. The predicted octanol–water partition coefficient (Wildman–Crippen LogP) is 3.43. The lowest BCUT2D eigenvalue weighted by Gasteiger charge is -2.08. The maximum absolute atomic E-state index is 11.9. The molecule has 2 N–H and O–H groups in total. The SMILES string of the molecule is COCCCNCCC(=O)Nc1ccc(Oc2ccccc2)cc1. The van der Waals surface area contributed by atoms with Gasteiger partial charge >= 0.3 is 0 Å². The van der Waals surface area contributed by atoms with E-state index in [9.17, 15) is 4.79 Å². The van der Waals surface area contributed by atoms with E-state index in [0.717, 1.165) is 36.8 Å². The Kier molecular flexibility index (Phi) is 7.80. The van der Waals surface area contributed by atoms with Crippen molar-refractivity contribution in [2.75, 3.05) is 32.1 Å². The minimum atomic E-state index is -0.00836. The molecule has 0 heterocycles. The van der Waals surface area contributed by atoms with Crippen molar-refractivity contribution in [1.29, 1.82) is 0 Å². The van der Waals surface area contributed by atoms with Gasteiger partial charge in [0.25, 0.3) is 0 Å². The van der Waals surface area contributed by atoms with Gasteiger partial charge < -0.3 is 20.1 Å². The fraction of sp³-hybridized carbons (Fsp3) is 0.316. The highest BCUT2D eigenvalue weighted by Crippen LogP contribution is 2.22. The van der Waals surface area contributed by atoms with E-state index in [4.69, 9.17) is 9.47 Å². The molecule has 0 spiro atoms. The fourth-order valence-electron chi connectivity index (χ4n) is 2.12. The van der Waals surface area contributed by atoms with E-state index in [1.165, 1.54) is 0 Å². The van der Waals surface area contributed by atoms with E-state index in [0.29, 0.717) is 13.0 Å².